The maximum atomic E-state index is 13.9. The van der Waals surface area contributed by atoms with Crippen LogP contribution in [-0.2, 0) is 21.9 Å². The van der Waals surface area contributed by atoms with Crippen molar-refractivity contribution in [1.29, 1.82) is 0 Å². The molecule has 5 rings (SSSR count). The Bertz CT molecular complexity index is 1540. The summed E-state index contributed by atoms with van der Waals surface area (Å²) in [5.74, 6) is -2.97. The Morgan fingerprint density at radius 2 is 1.43 bits per heavy atom. The molecule has 14 heteroatoms. The molecule has 1 fully saturated rings. The Morgan fingerprint density at radius 3 is 2.13 bits per heavy atom. The summed E-state index contributed by atoms with van der Waals surface area (Å²) in [7, 11) is 0. The summed E-state index contributed by atoms with van der Waals surface area (Å²) in [6, 6.07) is 13.5. The van der Waals surface area contributed by atoms with Crippen LogP contribution in [0.5, 0.6) is 5.75 Å². The summed E-state index contributed by atoms with van der Waals surface area (Å²) in [5.41, 5.74) is -0.264. The first-order chi connectivity index (χ1) is 22.3. The molecule has 254 valence electrons. The molecule has 1 unspecified atom stereocenters. The second kappa shape index (κ2) is 14.7. The standard InChI is InChI=1S/C33H34F7N3O3S/c1-22(21-46-28-20-24(33(38,39)40)7-9-25(28)34)31(44)45-18-17-42-15-13-41(14-16-42)11-4-12-43-26-5-2-3-6-29(26)47-30-10-8-23(19-27(30)43)32(35,36)37/h2-3,5-10,19-20,22H,4,11-18,21H2,1H3. The molecule has 2 heterocycles. The second-order valence-electron chi connectivity index (χ2n) is 11.5. The van der Waals surface area contributed by atoms with Crippen LogP contribution >= 0.6 is 11.8 Å². The van der Waals surface area contributed by atoms with Gasteiger partial charge in [0.25, 0.3) is 0 Å². The van der Waals surface area contributed by atoms with Gasteiger partial charge in [0.05, 0.1) is 28.4 Å². The van der Waals surface area contributed by atoms with Crippen LogP contribution in [0, 0.1) is 11.7 Å². The van der Waals surface area contributed by atoms with Gasteiger partial charge in [-0.25, -0.2) is 4.39 Å². The quantitative estimate of drug-likeness (QED) is 0.151. The second-order valence-corrected chi connectivity index (χ2v) is 12.5. The molecule has 3 aromatic rings. The number of alkyl halides is 6. The van der Waals surface area contributed by atoms with Gasteiger partial charge in [0.15, 0.2) is 11.6 Å². The van der Waals surface area contributed by atoms with Crippen molar-refractivity contribution in [1.82, 2.24) is 9.80 Å². The zero-order valence-corrected chi connectivity index (χ0v) is 26.4. The Labute approximate surface area is 272 Å². The number of piperazine rings is 1. The molecule has 3 aromatic carbocycles. The summed E-state index contributed by atoms with van der Waals surface area (Å²) in [4.78, 5) is 20.6. The van der Waals surface area contributed by atoms with Crippen LogP contribution in [-0.4, -0.2) is 74.8 Å². The minimum absolute atomic E-state index is 0.118. The molecule has 0 aliphatic carbocycles. The molecular weight excluding hydrogens is 651 g/mol. The zero-order valence-electron chi connectivity index (χ0n) is 25.5. The molecule has 2 aliphatic heterocycles. The minimum atomic E-state index is -4.65. The van der Waals surface area contributed by atoms with Crippen LogP contribution in [0.1, 0.15) is 24.5 Å². The Hall–Kier alpha value is -3.49. The first-order valence-electron chi connectivity index (χ1n) is 15.2. The van der Waals surface area contributed by atoms with E-state index < -0.39 is 46.9 Å². The molecular formula is C33H34F7N3O3S. The van der Waals surface area contributed by atoms with E-state index in [0.717, 1.165) is 60.7 Å². The number of esters is 1. The number of carbonyl (C=O) groups excluding carboxylic acids is 1. The monoisotopic (exact) mass is 685 g/mol. The number of benzene rings is 3. The maximum absolute atomic E-state index is 13.9. The fourth-order valence-corrected chi connectivity index (χ4v) is 6.50. The van der Waals surface area contributed by atoms with E-state index in [0.29, 0.717) is 37.0 Å². The Morgan fingerprint density at radius 1 is 0.809 bits per heavy atom. The van der Waals surface area contributed by atoms with Gasteiger partial charge in [0, 0.05) is 49.1 Å². The highest BCUT2D eigenvalue weighted by Gasteiger charge is 2.34. The van der Waals surface area contributed by atoms with Crippen molar-refractivity contribution >= 4 is 29.1 Å². The highest BCUT2D eigenvalue weighted by Crippen LogP contribution is 2.49. The van der Waals surface area contributed by atoms with E-state index in [-0.39, 0.29) is 13.2 Å². The van der Waals surface area contributed by atoms with Gasteiger partial charge < -0.3 is 19.3 Å². The first-order valence-corrected chi connectivity index (χ1v) is 16.0. The number of ether oxygens (including phenoxy) is 2. The van der Waals surface area contributed by atoms with E-state index in [1.165, 1.54) is 24.8 Å². The lowest BCUT2D eigenvalue weighted by atomic mass is 10.1. The molecule has 0 bridgehead atoms. The largest absolute Gasteiger partial charge is 0.490 e. The lowest BCUT2D eigenvalue weighted by molar-refractivity contribution is -0.149. The van der Waals surface area contributed by atoms with E-state index in [4.69, 9.17) is 9.47 Å². The number of hydrogen-bond donors (Lipinski definition) is 0. The van der Waals surface area contributed by atoms with Crippen LogP contribution in [0.25, 0.3) is 0 Å². The lowest BCUT2D eigenvalue weighted by Crippen LogP contribution is -2.47. The van der Waals surface area contributed by atoms with E-state index in [1.807, 2.05) is 29.2 Å². The van der Waals surface area contributed by atoms with Crippen molar-refractivity contribution in [2.45, 2.75) is 35.5 Å². The van der Waals surface area contributed by atoms with Gasteiger partial charge in [-0.3, -0.25) is 9.69 Å². The SMILES string of the molecule is CC(COc1cc(C(F)(F)F)ccc1F)C(=O)OCCN1CCN(CCCN2c3ccccc3Sc3ccc(C(F)(F)F)cc32)CC1. The summed E-state index contributed by atoms with van der Waals surface area (Å²) >= 11 is 1.47. The third-order valence-corrected chi connectivity index (χ3v) is 9.21. The number of nitrogens with zero attached hydrogens (tertiary/aromatic N) is 3. The average molecular weight is 686 g/mol. The van der Waals surface area contributed by atoms with Crippen molar-refractivity contribution < 1.29 is 45.0 Å². The molecule has 47 heavy (non-hydrogen) atoms. The number of carbonyl (C=O) groups is 1. The van der Waals surface area contributed by atoms with Crippen molar-refractivity contribution in [2.24, 2.45) is 5.92 Å². The fourth-order valence-electron chi connectivity index (χ4n) is 5.43. The highest BCUT2D eigenvalue weighted by molar-refractivity contribution is 7.99. The highest BCUT2D eigenvalue weighted by atomic mass is 32.2. The van der Waals surface area contributed by atoms with Gasteiger partial charge in [0.2, 0.25) is 0 Å². The summed E-state index contributed by atoms with van der Waals surface area (Å²) in [6.45, 7) is 6.14. The molecule has 0 aromatic heterocycles. The van der Waals surface area contributed by atoms with E-state index in [9.17, 15) is 35.5 Å². The summed E-state index contributed by atoms with van der Waals surface area (Å²) in [6.07, 6.45) is -8.33. The van der Waals surface area contributed by atoms with Crippen molar-refractivity contribution in [3.63, 3.8) is 0 Å². The van der Waals surface area contributed by atoms with Crippen LogP contribution in [0.3, 0.4) is 0 Å². The van der Waals surface area contributed by atoms with E-state index in [2.05, 4.69) is 9.80 Å². The molecule has 0 radical (unpaired) electrons. The van der Waals surface area contributed by atoms with Crippen LogP contribution in [0.4, 0.5) is 42.1 Å². The molecule has 2 aliphatic rings. The van der Waals surface area contributed by atoms with Gasteiger partial charge >= 0.3 is 18.3 Å². The number of anilines is 2. The van der Waals surface area contributed by atoms with Gasteiger partial charge in [-0.05, 0) is 68.4 Å². The first kappa shape index (κ1) is 34.8. The fraction of sp³-hybridized carbons (Fsp3) is 0.424. The molecule has 6 nitrogen and oxygen atoms in total. The maximum Gasteiger partial charge on any atom is 0.416 e. The predicted octanol–water partition coefficient (Wildman–Crippen LogP) is 7.73. The number of rotatable bonds is 11. The molecule has 0 spiro atoms. The number of halogens is 7. The Kier molecular flexibility index (Phi) is 10.9. The molecule has 0 N–H and O–H groups in total. The molecule has 0 saturated carbocycles. The van der Waals surface area contributed by atoms with Gasteiger partial charge in [0.1, 0.15) is 13.2 Å². The van der Waals surface area contributed by atoms with Gasteiger partial charge in [-0.15, -0.1) is 0 Å². The van der Waals surface area contributed by atoms with E-state index >= 15 is 0 Å². The van der Waals surface area contributed by atoms with Gasteiger partial charge in [-0.2, -0.15) is 26.3 Å². The van der Waals surface area contributed by atoms with Crippen molar-refractivity contribution in [3.05, 3.63) is 77.6 Å². The summed E-state index contributed by atoms with van der Waals surface area (Å²) < 4.78 is 104. The topological polar surface area (TPSA) is 45.3 Å². The third kappa shape index (κ3) is 8.90. The predicted molar refractivity (Wildman–Crippen MR) is 164 cm³/mol. The normalized spacial score (nSPS) is 16.4. The van der Waals surface area contributed by atoms with Crippen molar-refractivity contribution in [3.8, 4) is 5.75 Å². The molecule has 1 atom stereocenters. The van der Waals surface area contributed by atoms with Crippen LogP contribution < -0.4 is 9.64 Å². The third-order valence-electron chi connectivity index (χ3n) is 8.08. The van der Waals surface area contributed by atoms with Gasteiger partial charge in [-0.1, -0.05) is 23.9 Å². The average Bonchev–Trinajstić information content (AvgIpc) is 3.03. The smallest absolute Gasteiger partial charge is 0.416 e. The number of hydrogen-bond acceptors (Lipinski definition) is 7. The minimum Gasteiger partial charge on any atom is -0.490 e. The van der Waals surface area contributed by atoms with E-state index in [1.54, 1.807) is 6.07 Å². The van der Waals surface area contributed by atoms with Crippen LogP contribution in [0.2, 0.25) is 0 Å². The van der Waals surface area contributed by atoms with Crippen LogP contribution in [0.15, 0.2) is 70.5 Å². The zero-order chi connectivity index (χ0) is 33.8. The van der Waals surface area contributed by atoms with Crippen molar-refractivity contribution in [2.75, 3.05) is 63.9 Å². The number of fused-ring (bicyclic) bond motifs is 2. The molecule has 1 saturated heterocycles. The molecule has 0 amide bonds. The Balaban J connectivity index is 1.04. The lowest BCUT2D eigenvalue weighted by Gasteiger charge is -2.36. The summed E-state index contributed by atoms with van der Waals surface area (Å²) in [5, 5.41) is 0. The number of para-hydroxylation sites is 1.